The molecule has 1 heterocycles. The molecule has 90 valence electrons. The maximum Gasteiger partial charge on any atom is 0.137 e. The first-order valence-electron chi connectivity index (χ1n) is 5.21. The summed E-state index contributed by atoms with van der Waals surface area (Å²) >= 11 is 0. The second kappa shape index (κ2) is 8.04. The van der Waals surface area contributed by atoms with Crippen molar-refractivity contribution >= 4 is 0 Å². The molecule has 0 amide bonds. The molecule has 0 atom stereocenters. The molecule has 0 radical (unpaired) electrons. The Labute approximate surface area is 95.5 Å². The van der Waals surface area contributed by atoms with Gasteiger partial charge < -0.3 is 19.9 Å². The first-order valence-corrected chi connectivity index (χ1v) is 5.21. The minimum Gasteiger partial charge on any atom is -0.490 e. The van der Waals surface area contributed by atoms with Gasteiger partial charge in [0, 0.05) is 13.7 Å². The van der Waals surface area contributed by atoms with Crippen molar-refractivity contribution in [2.45, 2.75) is 6.54 Å². The molecular weight excluding hydrogens is 208 g/mol. The van der Waals surface area contributed by atoms with Gasteiger partial charge in [0.2, 0.25) is 0 Å². The number of aromatic nitrogens is 1. The Morgan fingerprint density at radius 1 is 1.19 bits per heavy atom. The van der Waals surface area contributed by atoms with Crippen LogP contribution < -0.4 is 10.5 Å². The van der Waals surface area contributed by atoms with Crippen molar-refractivity contribution in [1.82, 2.24) is 4.98 Å². The number of hydrogen-bond donors (Lipinski definition) is 1. The summed E-state index contributed by atoms with van der Waals surface area (Å²) in [5, 5.41) is 0. The van der Waals surface area contributed by atoms with Crippen molar-refractivity contribution in [1.29, 1.82) is 0 Å². The zero-order valence-electron chi connectivity index (χ0n) is 9.52. The van der Waals surface area contributed by atoms with E-state index < -0.39 is 0 Å². The predicted molar refractivity (Wildman–Crippen MR) is 60.3 cm³/mol. The molecule has 0 aliphatic heterocycles. The fourth-order valence-corrected chi connectivity index (χ4v) is 1.08. The Morgan fingerprint density at radius 2 is 2.00 bits per heavy atom. The van der Waals surface area contributed by atoms with E-state index in [9.17, 15) is 0 Å². The molecule has 16 heavy (non-hydrogen) atoms. The van der Waals surface area contributed by atoms with Gasteiger partial charge in [-0.3, -0.25) is 4.98 Å². The predicted octanol–water partition coefficient (Wildman–Crippen LogP) is 0.582. The number of nitrogens with zero attached hydrogens (tertiary/aromatic N) is 1. The summed E-state index contributed by atoms with van der Waals surface area (Å²) in [7, 11) is 1.64. The molecule has 1 aromatic heterocycles. The van der Waals surface area contributed by atoms with E-state index in [1.54, 1.807) is 13.3 Å². The quantitative estimate of drug-likeness (QED) is 0.657. The highest BCUT2D eigenvalue weighted by atomic mass is 16.5. The lowest BCUT2D eigenvalue weighted by atomic mass is 10.3. The Hall–Kier alpha value is -1.17. The molecule has 1 rings (SSSR count). The molecule has 0 aliphatic rings. The molecule has 0 aromatic carbocycles. The highest BCUT2D eigenvalue weighted by Gasteiger charge is 1.95. The minimum atomic E-state index is 0.445. The normalized spacial score (nSPS) is 10.4. The van der Waals surface area contributed by atoms with Crippen LogP contribution >= 0.6 is 0 Å². The number of rotatable bonds is 8. The van der Waals surface area contributed by atoms with E-state index in [1.165, 1.54) is 0 Å². The van der Waals surface area contributed by atoms with Crippen molar-refractivity contribution < 1.29 is 14.2 Å². The minimum absolute atomic E-state index is 0.445. The summed E-state index contributed by atoms with van der Waals surface area (Å²) in [6, 6.07) is 3.70. The maximum absolute atomic E-state index is 5.43. The van der Waals surface area contributed by atoms with Crippen molar-refractivity contribution in [3.05, 3.63) is 24.0 Å². The van der Waals surface area contributed by atoms with E-state index in [2.05, 4.69) is 4.98 Å². The molecule has 0 saturated carbocycles. The summed E-state index contributed by atoms with van der Waals surface area (Å²) in [6.07, 6.45) is 1.66. The molecule has 0 fully saturated rings. The molecule has 0 spiro atoms. The number of methoxy groups -OCH3 is 1. The maximum atomic E-state index is 5.43. The van der Waals surface area contributed by atoms with Gasteiger partial charge in [0.25, 0.3) is 0 Å². The third-order valence-corrected chi connectivity index (χ3v) is 1.93. The lowest BCUT2D eigenvalue weighted by Crippen LogP contribution is -2.10. The molecule has 5 nitrogen and oxygen atoms in total. The van der Waals surface area contributed by atoms with E-state index in [4.69, 9.17) is 19.9 Å². The van der Waals surface area contributed by atoms with Gasteiger partial charge in [-0.2, -0.15) is 0 Å². The van der Waals surface area contributed by atoms with Gasteiger partial charge in [-0.15, -0.1) is 0 Å². The number of hydrogen-bond acceptors (Lipinski definition) is 5. The molecule has 0 unspecified atom stereocenters. The van der Waals surface area contributed by atoms with Crippen molar-refractivity contribution in [3.63, 3.8) is 0 Å². The monoisotopic (exact) mass is 226 g/mol. The fraction of sp³-hybridized carbons (Fsp3) is 0.545. The third-order valence-electron chi connectivity index (χ3n) is 1.93. The van der Waals surface area contributed by atoms with Gasteiger partial charge in [0.15, 0.2) is 0 Å². The molecule has 0 bridgehead atoms. The topological polar surface area (TPSA) is 66.6 Å². The van der Waals surface area contributed by atoms with Crippen LogP contribution in [-0.4, -0.2) is 38.5 Å². The van der Waals surface area contributed by atoms with E-state index >= 15 is 0 Å². The number of pyridine rings is 1. The van der Waals surface area contributed by atoms with Crippen LogP contribution in [0.2, 0.25) is 0 Å². The van der Waals surface area contributed by atoms with Crippen molar-refractivity contribution in [2.24, 2.45) is 5.73 Å². The Kier molecular flexibility index (Phi) is 6.48. The summed E-state index contributed by atoms with van der Waals surface area (Å²) in [4.78, 5) is 4.11. The van der Waals surface area contributed by atoms with Gasteiger partial charge in [0.1, 0.15) is 12.4 Å². The van der Waals surface area contributed by atoms with Gasteiger partial charge in [-0.05, 0) is 12.1 Å². The van der Waals surface area contributed by atoms with Gasteiger partial charge in [-0.25, -0.2) is 0 Å². The van der Waals surface area contributed by atoms with Gasteiger partial charge >= 0.3 is 0 Å². The SMILES string of the molecule is COCCOCCOc1ccc(CN)nc1. The Balaban J connectivity index is 2.12. The van der Waals surface area contributed by atoms with Crippen molar-refractivity contribution in [2.75, 3.05) is 33.5 Å². The lowest BCUT2D eigenvalue weighted by molar-refractivity contribution is 0.0543. The van der Waals surface area contributed by atoms with Crippen molar-refractivity contribution in [3.8, 4) is 5.75 Å². The first kappa shape index (κ1) is 12.9. The van der Waals surface area contributed by atoms with E-state index in [0.717, 1.165) is 11.4 Å². The average molecular weight is 226 g/mol. The van der Waals surface area contributed by atoms with Crippen LogP contribution in [0.15, 0.2) is 18.3 Å². The molecule has 0 saturated heterocycles. The summed E-state index contributed by atoms with van der Waals surface area (Å²) < 4.78 is 15.5. The van der Waals surface area contributed by atoms with Crippen LogP contribution in [0.25, 0.3) is 0 Å². The molecule has 1 aromatic rings. The Bertz CT molecular complexity index is 277. The van der Waals surface area contributed by atoms with Gasteiger partial charge in [0.05, 0.1) is 31.7 Å². The number of ether oxygens (including phenoxy) is 3. The largest absolute Gasteiger partial charge is 0.490 e. The average Bonchev–Trinajstić information content (AvgIpc) is 2.34. The smallest absolute Gasteiger partial charge is 0.137 e. The molecule has 0 aliphatic carbocycles. The van der Waals surface area contributed by atoms with Crippen LogP contribution in [0.5, 0.6) is 5.75 Å². The summed E-state index contributed by atoms with van der Waals surface area (Å²) in [6.45, 7) is 2.69. The van der Waals surface area contributed by atoms with E-state index in [-0.39, 0.29) is 0 Å². The van der Waals surface area contributed by atoms with Crippen LogP contribution in [0.4, 0.5) is 0 Å². The Morgan fingerprint density at radius 3 is 2.62 bits per heavy atom. The summed E-state index contributed by atoms with van der Waals surface area (Å²) in [5.74, 6) is 0.729. The first-order chi connectivity index (χ1) is 7.86. The van der Waals surface area contributed by atoms with Crippen LogP contribution in [0, 0.1) is 0 Å². The highest BCUT2D eigenvalue weighted by Crippen LogP contribution is 2.08. The lowest BCUT2D eigenvalue weighted by Gasteiger charge is -2.06. The van der Waals surface area contributed by atoms with Crippen LogP contribution in [0.1, 0.15) is 5.69 Å². The fourth-order valence-electron chi connectivity index (χ4n) is 1.08. The highest BCUT2D eigenvalue weighted by molar-refractivity contribution is 5.19. The zero-order valence-corrected chi connectivity index (χ0v) is 9.52. The standard InChI is InChI=1S/C11H18N2O3/c1-14-4-5-15-6-7-16-11-3-2-10(8-12)13-9-11/h2-3,9H,4-8,12H2,1H3. The summed E-state index contributed by atoms with van der Waals surface area (Å²) in [5.41, 5.74) is 6.28. The van der Waals surface area contributed by atoms with Gasteiger partial charge in [-0.1, -0.05) is 0 Å². The second-order valence-electron chi connectivity index (χ2n) is 3.14. The third kappa shape index (κ3) is 5.06. The molecule has 2 N–H and O–H groups in total. The number of nitrogens with two attached hydrogens (primary N) is 1. The van der Waals surface area contributed by atoms with Crippen LogP contribution in [-0.2, 0) is 16.0 Å². The van der Waals surface area contributed by atoms with E-state index in [0.29, 0.717) is 33.0 Å². The van der Waals surface area contributed by atoms with E-state index in [1.807, 2.05) is 12.1 Å². The van der Waals surface area contributed by atoms with Crippen LogP contribution in [0.3, 0.4) is 0 Å². The molecule has 5 heteroatoms. The second-order valence-corrected chi connectivity index (χ2v) is 3.14. The zero-order chi connectivity index (χ0) is 11.6. The molecular formula is C11H18N2O3.